The number of carbonyl (C=O) groups is 1. The zero-order valence-electron chi connectivity index (χ0n) is 17.9. The molecule has 29 heavy (non-hydrogen) atoms. The van der Waals surface area contributed by atoms with Gasteiger partial charge in [0.05, 0.1) is 6.42 Å². The van der Waals surface area contributed by atoms with Gasteiger partial charge in [-0.3, -0.25) is 4.79 Å². The van der Waals surface area contributed by atoms with Gasteiger partial charge in [-0.25, -0.2) is 0 Å². The number of rotatable bonds is 9. The number of carbonyl (C=O) groups excluding carboxylic acids is 1. The molecule has 0 unspecified atom stereocenters. The molecule has 1 fully saturated rings. The minimum Gasteiger partial charge on any atom is -0.381 e. The first-order chi connectivity index (χ1) is 14.1. The summed E-state index contributed by atoms with van der Waals surface area (Å²) in [7, 11) is 0. The molecule has 1 amide bonds. The fraction of sp³-hybridized carbons (Fsp3) is 0.480. The molecule has 0 aliphatic carbocycles. The lowest BCUT2D eigenvalue weighted by Gasteiger charge is -2.26. The Morgan fingerprint density at radius 2 is 1.59 bits per heavy atom. The molecule has 0 saturated carbocycles. The minimum absolute atomic E-state index is 0.105. The van der Waals surface area contributed by atoms with Crippen LogP contribution in [0.25, 0.3) is 0 Å². The molecular formula is C25H35N3O. The quantitative estimate of drug-likeness (QED) is 0.656. The van der Waals surface area contributed by atoms with Gasteiger partial charge in [0.15, 0.2) is 0 Å². The van der Waals surface area contributed by atoms with E-state index in [-0.39, 0.29) is 5.91 Å². The molecule has 2 N–H and O–H groups in total. The number of amides is 1. The third kappa shape index (κ3) is 7.21. The van der Waals surface area contributed by atoms with Crippen molar-refractivity contribution in [1.82, 2.24) is 10.2 Å². The first kappa shape index (κ1) is 21.4. The maximum Gasteiger partial charge on any atom is 0.224 e. The van der Waals surface area contributed by atoms with Crippen molar-refractivity contribution in [3.8, 4) is 0 Å². The van der Waals surface area contributed by atoms with E-state index in [1.54, 1.807) is 0 Å². The molecule has 1 aliphatic heterocycles. The van der Waals surface area contributed by atoms with Crippen molar-refractivity contribution in [3.05, 3.63) is 65.2 Å². The summed E-state index contributed by atoms with van der Waals surface area (Å²) in [5, 5.41) is 6.51. The van der Waals surface area contributed by atoms with Crippen LogP contribution in [0.1, 0.15) is 55.7 Å². The maximum absolute atomic E-state index is 12.2. The van der Waals surface area contributed by atoms with Crippen molar-refractivity contribution < 1.29 is 4.79 Å². The normalized spacial score (nSPS) is 14.7. The average Bonchev–Trinajstić information content (AvgIpc) is 2.74. The fourth-order valence-electron chi connectivity index (χ4n) is 3.75. The second-order valence-electron chi connectivity index (χ2n) is 8.38. The van der Waals surface area contributed by atoms with Crippen molar-refractivity contribution in [2.24, 2.45) is 0 Å². The van der Waals surface area contributed by atoms with Crippen molar-refractivity contribution in [2.75, 3.05) is 31.5 Å². The van der Waals surface area contributed by atoms with Crippen LogP contribution >= 0.6 is 0 Å². The number of benzene rings is 2. The summed E-state index contributed by atoms with van der Waals surface area (Å²) in [5.41, 5.74) is 4.76. The highest BCUT2D eigenvalue weighted by molar-refractivity contribution is 5.78. The van der Waals surface area contributed by atoms with E-state index in [0.717, 1.165) is 30.9 Å². The van der Waals surface area contributed by atoms with Crippen LogP contribution in [-0.2, 0) is 17.8 Å². The second-order valence-corrected chi connectivity index (χ2v) is 8.38. The van der Waals surface area contributed by atoms with Gasteiger partial charge in [-0.15, -0.1) is 0 Å². The molecule has 1 saturated heterocycles. The van der Waals surface area contributed by atoms with E-state index >= 15 is 0 Å². The number of hydrogen-bond acceptors (Lipinski definition) is 3. The number of hydrogen-bond donors (Lipinski definition) is 2. The lowest BCUT2D eigenvalue weighted by molar-refractivity contribution is -0.120. The van der Waals surface area contributed by atoms with E-state index in [9.17, 15) is 4.79 Å². The molecule has 2 aromatic rings. The van der Waals surface area contributed by atoms with Crippen LogP contribution in [0.15, 0.2) is 48.5 Å². The summed E-state index contributed by atoms with van der Waals surface area (Å²) in [6.45, 7) is 9.28. The van der Waals surface area contributed by atoms with Gasteiger partial charge in [0.25, 0.3) is 0 Å². The van der Waals surface area contributed by atoms with Crippen LogP contribution in [0.3, 0.4) is 0 Å². The van der Waals surface area contributed by atoms with Gasteiger partial charge in [-0.2, -0.15) is 0 Å². The van der Waals surface area contributed by atoms with E-state index in [1.165, 1.54) is 43.5 Å². The molecule has 3 rings (SSSR count). The summed E-state index contributed by atoms with van der Waals surface area (Å²) < 4.78 is 0. The Hall–Kier alpha value is -2.33. The van der Waals surface area contributed by atoms with E-state index in [0.29, 0.717) is 12.3 Å². The molecule has 1 heterocycles. The second kappa shape index (κ2) is 11.0. The van der Waals surface area contributed by atoms with Crippen molar-refractivity contribution in [1.29, 1.82) is 0 Å². The molecule has 2 aromatic carbocycles. The van der Waals surface area contributed by atoms with Crippen molar-refractivity contribution in [3.63, 3.8) is 0 Å². The highest BCUT2D eigenvalue weighted by Crippen LogP contribution is 2.16. The number of nitrogens with one attached hydrogen (secondary N) is 2. The lowest BCUT2D eigenvalue weighted by atomic mass is 10.0. The first-order valence-electron chi connectivity index (χ1n) is 11.0. The molecule has 0 aromatic heterocycles. The fourth-order valence-corrected chi connectivity index (χ4v) is 3.75. The Bertz CT molecular complexity index is 747. The molecule has 0 atom stereocenters. The van der Waals surface area contributed by atoms with Gasteiger partial charge >= 0.3 is 0 Å². The largest absolute Gasteiger partial charge is 0.381 e. The summed E-state index contributed by atoms with van der Waals surface area (Å²) in [6, 6.07) is 17.0. The highest BCUT2D eigenvalue weighted by Gasteiger charge is 2.10. The van der Waals surface area contributed by atoms with Crippen LogP contribution in [0.5, 0.6) is 0 Å². The molecule has 4 nitrogen and oxygen atoms in total. The van der Waals surface area contributed by atoms with Gasteiger partial charge in [-0.05, 0) is 60.7 Å². The number of nitrogens with zero attached hydrogens (tertiary/aromatic N) is 1. The van der Waals surface area contributed by atoms with Crippen LogP contribution in [0.4, 0.5) is 5.69 Å². The number of anilines is 1. The topological polar surface area (TPSA) is 44.4 Å². The molecular weight excluding hydrogens is 358 g/mol. The third-order valence-electron chi connectivity index (χ3n) is 5.66. The Kier molecular flexibility index (Phi) is 8.12. The summed E-state index contributed by atoms with van der Waals surface area (Å²) in [5.74, 6) is 0.666. The van der Waals surface area contributed by atoms with Gasteiger partial charge in [0.1, 0.15) is 0 Å². The zero-order chi connectivity index (χ0) is 20.5. The molecule has 156 valence electrons. The Labute approximate surface area is 175 Å². The Morgan fingerprint density at radius 3 is 2.24 bits per heavy atom. The van der Waals surface area contributed by atoms with Crippen LogP contribution in [0.2, 0.25) is 0 Å². The van der Waals surface area contributed by atoms with Crippen LogP contribution in [-0.4, -0.2) is 37.0 Å². The van der Waals surface area contributed by atoms with Gasteiger partial charge in [0.2, 0.25) is 5.91 Å². The molecule has 4 heteroatoms. The monoisotopic (exact) mass is 393 g/mol. The number of piperidine rings is 1. The standard InChI is InChI=1S/C25H35N3O/c1-20(2)23-10-6-22(7-11-23)19-27-24-12-8-21(9-13-24)18-25(29)26-14-17-28-15-4-3-5-16-28/h6-13,20,27H,3-5,14-19H2,1-2H3,(H,26,29). The summed E-state index contributed by atoms with van der Waals surface area (Å²) in [6.07, 6.45) is 4.37. The van der Waals surface area contributed by atoms with E-state index in [2.05, 4.69) is 65.8 Å². The lowest BCUT2D eigenvalue weighted by Crippen LogP contribution is -2.38. The zero-order valence-corrected chi connectivity index (χ0v) is 17.9. The molecule has 1 aliphatic rings. The van der Waals surface area contributed by atoms with Crippen molar-refractivity contribution >= 4 is 11.6 Å². The van der Waals surface area contributed by atoms with Crippen LogP contribution < -0.4 is 10.6 Å². The molecule has 0 bridgehead atoms. The Morgan fingerprint density at radius 1 is 0.931 bits per heavy atom. The average molecular weight is 394 g/mol. The molecule has 0 spiro atoms. The van der Waals surface area contributed by atoms with E-state index < -0.39 is 0 Å². The van der Waals surface area contributed by atoms with E-state index in [1.807, 2.05) is 12.1 Å². The predicted octanol–water partition coefficient (Wildman–Crippen LogP) is 4.57. The smallest absolute Gasteiger partial charge is 0.224 e. The highest BCUT2D eigenvalue weighted by atomic mass is 16.1. The summed E-state index contributed by atoms with van der Waals surface area (Å²) >= 11 is 0. The third-order valence-corrected chi connectivity index (χ3v) is 5.66. The van der Waals surface area contributed by atoms with Crippen LogP contribution in [0, 0.1) is 0 Å². The molecule has 0 radical (unpaired) electrons. The van der Waals surface area contributed by atoms with E-state index in [4.69, 9.17) is 0 Å². The number of likely N-dealkylation sites (tertiary alicyclic amines) is 1. The van der Waals surface area contributed by atoms with Gasteiger partial charge in [-0.1, -0.05) is 56.7 Å². The predicted molar refractivity (Wildman–Crippen MR) is 121 cm³/mol. The maximum atomic E-state index is 12.2. The summed E-state index contributed by atoms with van der Waals surface area (Å²) in [4.78, 5) is 14.6. The Balaban J connectivity index is 1.38. The van der Waals surface area contributed by atoms with Gasteiger partial charge < -0.3 is 15.5 Å². The van der Waals surface area contributed by atoms with Gasteiger partial charge in [0, 0.05) is 25.3 Å². The SMILES string of the molecule is CC(C)c1ccc(CNc2ccc(CC(=O)NCCN3CCCCC3)cc2)cc1. The first-order valence-corrected chi connectivity index (χ1v) is 11.0. The van der Waals surface area contributed by atoms with Crippen molar-refractivity contribution in [2.45, 2.75) is 52.0 Å². The minimum atomic E-state index is 0.105.